The van der Waals surface area contributed by atoms with E-state index in [0.717, 1.165) is 16.8 Å². The third kappa shape index (κ3) is 3.79. The van der Waals surface area contributed by atoms with E-state index in [1.165, 1.54) is 38.3 Å². The molecule has 3 aromatic rings. The number of hydrogen-bond donors (Lipinski definition) is 1. The highest BCUT2D eigenvalue weighted by molar-refractivity contribution is 5.83. The average molecular weight is 373 g/mol. The Balaban J connectivity index is 1.83. The molecule has 8 heteroatoms. The van der Waals surface area contributed by atoms with Crippen LogP contribution in [0.2, 0.25) is 0 Å². The lowest BCUT2D eigenvalue weighted by atomic mass is 10.0. The van der Waals surface area contributed by atoms with E-state index in [0.29, 0.717) is 11.5 Å². The smallest absolute Gasteiger partial charge is 0.267 e. The molecule has 0 aliphatic rings. The number of halogens is 2. The minimum Gasteiger partial charge on any atom is -0.463 e. The van der Waals surface area contributed by atoms with Crippen molar-refractivity contribution in [3.8, 4) is 11.5 Å². The number of nitrogens with zero attached hydrogens (tertiary/aromatic N) is 2. The van der Waals surface area contributed by atoms with Crippen molar-refractivity contribution in [2.45, 2.75) is 25.9 Å². The molecule has 140 valence electrons. The van der Waals surface area contributed by atoms with Gasteiger partial charge in [0.05, 0.1) is 6.26 Å². The predicted octanol–water partition coefficient (Wildman–Crippen LogP) is 2.83. The molecular formula is C19H17F2N3O3. The van der Waals surface area contributed by atoms with E-state index < -0.39 is 28.6 Å². The standard InChI is InChI=1S/C19H17F2N3O3/c1-19(2,18(26)22-11-12-5-6-13(20)10-14(12)21)24-17(25)8-7-15(23-24)16-4-3-9-27-16/h3-10H,11H2,1-2H3,(H,22,26). The lowest BCUT2D eigenvalue weighted by Crippen LogP contribution is -2.49. The molecule has 0 saturated carbocycles. The minimum absolute atomic E-state index is 0.130. The number of furan rings is 1. The molecule has 1 aromatic carbocycles. The summed E-state index contributed by atoms with van der Waals surface area (Å²) in [6.45, 7) is 2.88. The quantitative estimate of drug-likeness (QED) is 0.746. The van der Waals surface area contributed by atoms with Gasteiger partial charge < -0.3 is 9.73 Å². The maximum Gasteiger partial charge on any atom is 0.267 e. The van der Waals surface area contributed by atoms with Crippen LogP contribution in [0.4, 0.5) is 8.78 Å². The van der Waals surface area contributed by atoms with Crippen LogP contribution < -0.4 is 10.9 Å². The van der Waals surface area contributed by atoms with Crippen molar-refractivity contribution in [2.24, 2.45) is 0 Å². The lowest BCUT2D eigenvalue weighted by Gasteiger charge is -2.25. The zero-order valence-electron chi connectivity index (χ0n) is 14.7. The molecule has 0 atom stereocenters. The molecule has 3 rings (SSSR count). The van der Waals surface area contributed by atoms with E-state index in [4.69, 9.17) is 4.42 Å². The van der Waals surface area contributed by atoms with Gasteiger partial charge in [-0.1, -0.05) is 6.07 Å². The second-order valence-corrected chi connectivity index (χ2v) is 6.42. The normalized spacial score (nSPS) is 11.4. The summed E-state index contributed by atoms with van der Waals surface area (Å²) in [5.41, 5.74) is -1.30. The first-order chi connectivity index (χ1) is 12.8. The average Bonchev–Trinajstić information content (AvgIpc) is 3.15. The van der Waals surface area contributed by atoms with Crippen molar-refractivity contribution in [1.82, 2.24) is 15.1 Å². The number of amides is 1. The fraction of sp³-hybridized carbons (Fsp3) is 0.211. The van der Waals surface area contributed by atoms with Crippen LogP contribution in [0.15, 0.2) is 57.9 Å². The summed E-state index contributed by atoms with van der Waals surface area (Å²) in [6, 6.07) is 9.25. The summed E-state index contributed by atoms with van der Waals surface area (Å²) >= 11 is 0. The van der Waals surface area contributed by atoms with Crippen LogP contribution in [0.25, 0.3) is 11.5 Å². The second kappa shape index (κ2) is 7.14. The van der Waals surface area contributed by atoms with E-state index in [1.54, 1.807) is 12.1 Å². The Morgan fingerprint density at radius 2 is 2.00 bits per heavy atom. The molecule has 0 radical (unpaired) electrons. The molecule has 0 aliphatic heterocycles. The summed E-state index contributed by atoms with van der Waals surface area (Å²) in [5, 5.41) is 6.77. The topological polar surface area (TPSA) is 77.1 Å². The van der Waals surface area contributed by atoms with Crippen LogP contribution in [0.5, 0.6) is 0 Å². The first-order valence-corrected chi connectivity index (χ1v) is 8.16. The maximum absolute atomic E-state index is 13.7. The molecule has 0 unspecified atom stereocenters. The third-order valence-electron chi connectivity index (χ3n) is 4.11. The molecule has 0 aliphatic carbocycles. The minimum atomic E-state index is -1.35. The van der Waals surface area contributed by atoms with Gasteiger partial charge in [0, 0.05) is 24.2 Å². The van der Waals surface area contributed by atoms with Gasteiger partial charge in [-0.15, -0.1) is 0 Å². The third-order valence-corrected chi connectivity index (χ3v) is 4.11. The fourth-order valence-corrected chi connectivity index (χ4v) is 2.52. The molecule has 0 bridgehead atoms. The number of nitrogens with one attached hydrogen (secondary N) is 1. The van der Waals surface area contributed by atoms with Crippen LogP contribution in [0.1, 0.15) is 19.4 Å². The fourth-order valence-electron chi connectivity index (χ4n) is 2.52. The van der Waals surface area contributed by atoms with Crippen molar-refractivity contribution >= 4 is 5.91 Å². The number of benzene rings is 1. The summed E-state index contributed by atoms with van der Waals surface area (Å²) < 4.78 is 33.0. The van der Waals surface area contributed by atoms with Crippen molar-refractivity contribution in [2.75, 3.05) is 0 Å². The number of rotatable bonds is 5. The van der Waals surface area contributed by atoms with Crippen molar-refractivity contribution in [3.05, 3.63) is 76.3 Å². The van der Waals surface area contributed by atoms with Crippen molar-refractivity contribution < 1.29 is 18.0 Å². The highest BCUT2D eigenvalue weighted by atomic mass is 19.1. The van der Waals surface area contributed by atoms with Crippen LogP contribution >= 0.6 is 0 Å². The largest absolute Gasteiger partial charge is 0.463 e. The van der Waals surface area contributed by atoms with E-state index in [9.17, 15) is 18.4 Å². The Hall–Kier alpha value is -3.29. The summed E-state index contributed by atoms with van der Waals surface area (Å²) in [6.07, 6.45) is 1.47. The van der Waals surface area contributed by atoms with Crippen LogP contribution in [-0.2, 0) is 16.9 Å². The molecule has 0 saturated heterocycles. The molecule has 6 nitrogen and oxygen atoms in total. The first kappa shape index (κ1) is 18.5. The van der Waals surface area contributed by atoms with Gasteiger partial charge in [0.2, 0.25) is 5.91 Å². The molecule has 2 heterocycles. The first-order valence-electron chi connectivity index (χ1n) is 8.16. The molecule has 0 spiro atoms. The zero-order chi connectivity index (χ0) is 19.6. The molecule has 2 aromatic heterocycles. The van der Waals surface area contributed by atoms with Crippen molar-refractivity contribution in [1.29, 1.82) is 0 Å². The van der Waals surface area contributed by atoms with Gasteiger partial charge in [-0.2, -0.15) is 5.10 Å². The van der Waals surface area contributed by atoms with Crippen molar-refractivity contribution in [3.63, 3.8) is 0 Å². The molecular weight excluding hydrogens is 356 g/mol. The number of hydrogen-bond acceptors (Lipinski definition) is 4. The summed E-state index contributed by atoms with van der Waals surface area (Å²) in [4.78, 5) is 24.9. The Bertz CT molecular complexity index is 1030. The van der Waals surface area contributed by atoms with E-state index in [1.807, 2.05) is 0 Å². The van der Waals surface area contributed by atoms with Gasteiger partial charge in [0.25, 0.3) is 5.56 Å². The Morgan fingerprint density at radius 1 is 1.22 bits per heavy atom. The van der Waals surface area contributed by atoms with Gasteiger partial charge in [0.15, 0.2) is 5.76 Å². The number of aromatic nitrogens is 2. The van der Waals surface area contributed by atoms with Gasteiger partial charge in [-0.25, -0.2) is 13.5 Å². The zero-order valence-corrected chi connectivity index (χ0v) is 14.7. The Kier molecular flexibility index (Phi) is 4.89. The SMILES string of the molecule is CC(C)(C(=O)NCc1ccc(F)cc1F)n1nc(-c2ccco2)ccc1=O. The van der Waals surface area contributed by atoms with E-state index in [2.05, 4.69) is 10.4 Å². The van der Waals surface area contributed by atoms with Gasteiger partial charge in [-0.05, 0) is 38.1 Å². The second-order valence-electron chi connectivity index (χ2n) is 6.42. The number of carbonyl (C=O) groups is 1. The molecule has 0 fully saturated rings. The summed E-state index contributed by atoms with van der Waals surface area (Å²) in [7, 11) is 0. The van der Waals surface area contributed by atoms with Crippen LogP contribution in [-0.4, -0.2) is 15.7 Å². The number of carbonyl (C=O) groups excluding carboxylic acids is 1. The highest BCUT2D eigenvalue weighted by Crippen LogP contribution is 2.18. The lowest BCUT2D eigenvalue weighted by molar-refractivity contribution is -0.129. The highest BCUT2D eigenvalue weighted by Gasteiger charge is 2.32. The van der Waals surface area contributed by atoms with Gasteiger partial charge in [0.1, 0.15) is 22.9 Å². The maximum atomic E-state index is 13.7. The van der Waals surface area contributed by atoms with Gasteiger partial charge >= 0.3 is 0 Å². The Labute approximate surface area is 153 Å². The Morgan fingerprint density at radius 3 is 2.67 bits per heavy atom. The predicted molar refractivity (Wildman–Crippen MR) is 93.7 cm³/mol. The van der Waals surface area contributed by atoms with Gasteiger partial charge in [-0.3, -0.25) is 9.59 Å². The van der Waals surface area contributed by atoms with Crippen LogP contribution in [0, 0.1) is 11.6 Å². The summed E-state index contributed by atoms with van der Waals surface area (Å²) in [5.74, 6) is -1.55. The monoisotopic (exact) mass is 373 g/mol. The van der Waals surface area contributed by atoms with E-state index >= 15 is 0 Å². The molecule has 1 N–H and O–H groups in total. The van der Waals surface area contributed by atoms with Crippen LogP contribution in [0.3, 0.4) is 0 Å². The molecule has 1 amide bonds. The molecule has 27 heavy (non-hydrogen) atoms. The van der Waals surface area contributed by atoms with E-state index in [-0.39, 0.29) is 12.1 Å².